The Morgan fingerprint density at radius 1 is 1.36 bits per heavy atom. The van der Waals surface area contributed by atoms with Crippen molar-refractivity contribution in [3.8, 4) is 0 Å². The van der Waals surface area contributed by atoms with Gasteiger partial charge < -0.3 is 20.0 Å². The van der Waals surface area contributed by atoms with E-state index < -0.39 is 5.97 Å². The Morgan fingerprint density at radius 2 is 2.07 bits per heavy atom. The van der Waals surface area contributed by atoms with Crippen molar-refractivity contribution in [3.63, 3.8) is 0 Å². The molecule has 0 aromatic heterocycles. The molecule has 0 aliphatic rings. The second kappa shape index (κ2) is 8.50. The SMILES string of the molecule is CCOCCCNC(=O)CCC(=O)[O-]. The number of hydrogen-bond donors (Lipinski definition) is 1. The first-order valence-electron chi connectivity index (χ1n) is 4.71. The van der Waals surface area contributed by atoms with Crippen LogP contribution < -0.4 is 10.4 Å². The first kappa shape index (κ1) is 12.9. The van der Waals surface area contributed by atoms with E-state index in [0.29, 0.717) is 19.8 Å². The van der Waals surface area contributed by atoms with E-state index in [-0.39, 0.29) is 18.7 Å². The lowest BCUT2D eigenvalue weighted by Crippen LogP contribution is -2.28. The van der Waals surface area contributed by atoms with Gasteiger partial charge in [-0.25, -0.2) is 0 Å². The summed E-state index contributed by atoms with van der Waals surface area (Å²) in [5, 5.41) is 12.6. The van der Waals surface area contributed by atoms with Crippen LogP contribution in [0.5, 0.6) is 0 Å². The third kappa shape index (κ3) is 8.99. The number of ether oxygens (including phenoxy) is 1. The van der Waals surface area contributed by atoms with Crippen molar-refractivity contribution in [2.24, 2.45) is 0 Å². The second-order valence-electron chi connectivity index (χ2n) is 2.77. The van der Waals surface area contributed by atoms with Gasteiger partial charge in [-0.05, 0) is 19.8 Å². The van der Waals surface area contributed by atoms with Gasteiger partial charge in [0.1, 0.15) is 0 Å². The van der Waals surface area contributed by atoms with Gasteiger partial charge in [0.25, 0.3) is 0 Å². The first-order valence-corrected chi connectivity index (χ1v) is 4.71. The average molecular weight is 202 g/mol. The van der Waals surface area contributed by atoms with Crippen LogP contribution in [0.4, 0.5) is 0 Å². The van der Waals surface area contributed by atoms with Gasteiger partial charge in [-0.15, -0.1) is 0 Å². The van der Waals surface area contributed by atoms with E-state index >= 15 is 0 Å². The molecule has 5 heteroatoms. The molecule has 1 amide bonds. The Morgan fingerprint density at radius 3 is 2.64 bits per heavy atom. The maximum atomic E-state index is 10.9. The summed E-state index contributed by atoms with van der Waals surface area (Å²) in [7, 11) is 0. The van der Waals surface area contributed by atoms with Crippen molar-refractivity contribution >= 4 is 11.9 Å². The van der Waals surface area contributed by atoms with Gasteiger partial charge in [0.2, 0.25) is 5.91 Å². The first-order chi connectivity index (χ1) is 6.66. The van der Waals surface area contributed by atoms with E-state index in [4.69, 9.17) is 4.74 Å². The molecule has 0 unspecified atom stereocenters. The maximum absolute atomic E-state index is 10.9. The molecule has 82 valence electrons. The molecule has 0 aromatic carbocycles. The molecule has 0 heterocycles. The van der Waals surface area contributed by atoms with Crippen LogP contribution in [0, 0.1) is 0 Å². The Labute approximate surface area is 83.4 Å². The van der Waals surface area contributed by atoms with Crippen LogP contribution in [0.25, 0.3) is 0 Å². The minimum Gasteiger partial charge on any atom is -0.550 e. The third-order valence-corrected chi connectivity index (χ3v) is 1.55. The van der Waals surface area contributed by atoms with Crippen LogP contribution in [-0.4, -0.2) is 31.6 Å². The van der Waals surface area contributed by atoms with E-state index in [9.17, 15) is 14.7 Å². The summed E-state index contributed by atoms with van der Waals surface area (Å²) in [4.78, 5) is 20.9. The van der Waals surface area contributed by atoms with Crippen molar-refractivity contribution in [3.05, 3.63) is 0 Å². The predicted molar refractivity (Wildman–Crippen MR) is 48.4 cm³/mol. The van der Waals surface area contributed by atoms with Crippen molar-refractivity contribution < 1.29 is 19.4 Å². The lowest BCUT2D eigenvalue weighted by molar-refractivity contribution is -0.305. The van der Waals surface area contributed by atoms with E-state index in [1.165, 1.54) is 0 Å². The highest BCUT2D eigenvalue weighted by Gasteiger charge is 1.99. The normalized spacial score (nSPS) is 9.79. The zero-order valence-corrected chi connectivity index (χ0v) is 8.38. The van der Waals surface area contributed by atoms with Crippen molar-refractivity contribution in [1.29, 1.82) is 0 Å². The van der Waals surface area contributed by atoms with Crippen LogP contribution in [-0.2, 0) is 14.3 Å². The molecule has 0 fully saturated rings. The zero-order chi connectivity index (χ0) is 10.8. The largest absolute Gasteiger partial charge is 0.550 e. The second-order valence-corrected chi connectivity index (χ2v) is 2.77. The van der Waals surface area contributed by atoms with Crippen molar-refractivity contribution in [2.45, 2.75) is 26.2 Å². The minimum absolute atomic E-state index is 0.0169. The third-order valence-electron chi connectivity index (χ3n) is 1.55. The summed E-state index contributed by atoms with van der Waals surface area (Å²) in [6.45, 7) is 3.69. The van der Waals surface area contributed by atoms with E-state index in [1.807, 2.05) is 6.92 Å². The number of hydrogen-bond acceptors (Lipinski definition) is 4. The molecular weight excluding hydrogens is 186 g/mol. The van der Waals surface area contributed by atoms with Gasteiger partial charge in [0.15, 0.2) is 0 Å². The van der Waals surface area contributed by atoms with Gasteiger partial charge in [0, 0.05) is 32.1 Å². The van der Waals surface area contributed by atoms with Crippen LogP contribution >= 0.6 is 0 Å². The topological polar surface area (TPSA) is 78.5 Å². The molecule has 0 spiro atoms. The van der Waals surface area contributed by atoms with Crippen LogP contribution in [0.15, 0.2) is 0 Å². The standard InChI is InChI=1S/C9H17NO4/c1-2-14-7-3-6-10-8(11)4-5-9(12)13/h2-7H2,1H3,(H,10,11)(H,12,13)/p-1. The number of amides is 1. The molecule has 1 N–H and O–H groups in total. The highest BCUT2D eigenvalue weighted by atomic mass is 16.5. The summed E-state index contributed by atoms with van der Waals surface area (Å²) >= 11 is 0. The molecule has 5 nitrogen and oxygen atoms in total. The van der Waals surface area contributed by atoms with E-state index in [0.717, 1.165) is 6.42 Å². The molecule has 14 heavy (non-hydrogen) atoms. The fourth-order valence-electron chi connectivity index (χ4n) is 0.850. The molecule has 0 radical (unpaired) electrons. The summed E-state index contributed by atoms with van der Waals surface area (Å²) in [5.41, 5.74) is 0. The number of nitrogens with one attached hydrogen (secondary N) is 1. The van der Waals surface area contributed by atoms with Crippen LogP contribution in [0.2, 0.25) is 0 Å². The van der Waals surface area contributed by atoms with E-state index in [1.54, 1.807) is 0 Å². The maximum Gasteiger partial charge on any atom is 0.220 e. The molecule has 0 rings (SSSR count). The molecule has 0 aliphatic heterocycles. The molecule has 0 bridgehead atoms. The molecule has 0 atom stereocenters. The Bertz CT molecular complexity index is 182. The monoisotopic (exact) mass is 202 g/mol. The Balaban J connectivity index is 3.22. The highest BCUT2D eigenvalue weighted by molar-refractivity contribution is 5.79. The van der Waals surface area contributed by atoms with Gasteiger partial charge in [-0.1, -0.05) is 0 Å². The molecule has 0 aliphatic carbocycles. The quantitative estimate of drug-likeness (QED) is 0.515. The summed E-state index contributed by atoms with van der Waals surface area (Å²) in [5.74, 6) is -1.46. The fraction of sp³-hybridized carbons (Fsp3) is 0.778. The minimum atomic E-state index is -1.20. The predicted octanol–water partition coefficient (Wildman–Crippen LogP) is -0.941. The number of aliphatic carboxylic acids is 1. The zero-order valence-electron chi connectivity index (χ0n) is 8.38. The van der Waals surface area contributed by atoms with E-state index in [2.05, 4.69) is 5.32 Å². The Kier molecular flexibility index (Phi) is 7.83. The number of carboxylic acids is 1. The van der Waals surface area contributed by atoms with Gasteiger partial charge in [-0.3, -0.25) is 4.79 Å². The lowest BCUT2D eigenvalue weighted by Gasteiger charge is -2.05. The molecule has 0 saturated heterocycles. The molecular formula is C9H16NO4-. The number of carbonyl (C=O) groups is 2. The number of carboxylic acid groups (broad SMARTS) is 1. The summed E-state index contributed by atoms with van der Waals surface area (Å²) in [6, 6.07) is 0. The highest BCUT2D eigenvalue weighted by Crippen LogP contribution is 1.87. The lowest BCUT2D eigenvalue weighted by atomic mass is 10.3. The van der Waals surface area contributed by atoms with Crippen molar-refractivity contribution in [1.82, 2.24) is 5.32 Å². The van der Waals surface area contributed by atoms with Crippen LogP contribution in [0.3, 0.4) is 0 Å². The van der Waals surface area contributed by atoms with Gasteiger partial charge >= 0.3 is 0 Å². The van der Waals surface area contributed by atoms with Gasteiger partial charge in [-0.2, -0.15) is 0 Å². The van der Waals surface area contributed by atoms with Crippen molar-refractivity contribution in [2.75, 3.05) is 19.8 Å². The Hall–Kier alpha value is -1.10. The molecule has 0 aromatic rings. The summed E-state index contributed by atoms with van der Waals surface area (Å²) < 4.78 is 5.06. The summed E-state index contributed by atoms with van der Waals surface area (Å²) in [6.07, 6.45) is 0.499. The fourth-order valence-corrected chi connectivity index (χ4v) is 0.850. The number of rotatable bonds is 8. The average Bonchev–Trinajstić information content (AvgIpc) is 2.14. The van der Waals surface area contributed by atoms with Gasteiger partial charge in [0.05, 0.1) is 0 Å². The smallest absolute Gasteiger partial charge is 0.220 e. The van der Waals surface area contributed by atoms with Crippen LogP contribution in [0.1, 0.15) is 26.2 Å². The number of carbonyl (C=O) groups excluding carboxylic acids is 2. The molecule has 0 saturated carbocycles.